The van der Waals surface area contributed by atoms with Crippen molar-refractivity contribution >= 4 is 29.4 Å². The lowest BCUT2D eigenvalue weighted by molar-refractivity contribution is -0.138. The van der Waals surface area contributed by atoms with Gasteiger partial charge in [0.15, 0.2) is 5.82 Å². The van der Waals surface area contributed by atoms with Crippen molar-refractivity contribution in [2.75, 3.05) is 6.54 Å². The van der Waals surface area contributed by atoms with Crippen LogP contribution in [0, 0.1) is 0 Å². The molecule has 0 radical (unpaired) electrons. The second-order valence-electron chi connectivity index (χ2n) is 7.45. The summed E-state index contributed by atoms with van der Waals surface area (Å²) < 4.78 is 38.9. The molecule has 1 unspecified atom stereocenters. The van der Waals surface area contributed by atoms with Crippen molar-refractivity contribution in [2.24, 2.45) is 0 Å². The fourth-order valence-corrected chi connectivity index (χ4v) is 3.25. The van der Waals surface area contributed by atoms with Gasteiger partial charge in [0.25, 0.3) is 17.4 Å². The number of aromatic amines is 1. The van der Waals surface area contributed by atoms with E-state index in [0.717, 1.165) is 18.3 Å². The number of nitrogens with zero attached hydrogens (tertiary/aromatic N) is 1. The summed E-state index contributed by atoms with van der Waals surface area (Å²) in [4.78, 5) is 53.8. The van der Waals surface area contributed by atoms with Gasteiger partial charge < -0.3 is 20.7 Å². The van der Waals surface area contributed by atoms with Gasteiger partial charge in [-0.1, -0.05) is 35.9 Å². The van der Waals surface area contributed by atoms with Crippen molar-refractivity contribution in [2.45, 2.75) is 18.6 Å². The van der Waals surface area contributed by atoms with Gasteiger partial charge in [-0.05, 0) is 35.4 Å². The summed E-state index contributed by atoms with van der Waals surface area (Å²) in [5, 5.41) is 13.9. The molecule has 0 saturated carbocycles. The van der Waals surface area contributed by atoms with E-state index >= 15 is 0 Å². The first-order valence-corrected chi connectivity index (χ1v) is 10.7. The van der Waals surface area contributed by atoms with Crippen LogP contribution in [0.3, 0.4) is 0 Å². The third-order valence-electron chi connectivity index (χ3n) is 4.93. The molecular weight excluding hydrogens is 505 g/mol. The molecule has 0 bridgehead atoms. The lowest BCUT2D eigenvalue weighted by atomic mass is 9.97. The second kappa shape index (κ2) is 11.0. The number of aromatic nitrogens is 2. The topological polar surface area (TPSA) is 141 Å². The number of rotatable bonds is 8. The lowest BCUT2D eigenvalue weighted by Gasteiger charge is -2.20. The van der Waals surface area contributed by atoms with Crippen LogP contribution in [0.2, 0.25) is 5.02 Å². The van der Waals surface area contributed by atoms with E-state index in [1.807, 2.05) is 0 Å². The van der Waals surface area contributed by atoms with Crippen LogP contribution >= 0.6 is 11.6 Å². The van der Waals surface area contributed by atoms with E-state index in [4.69, 9.17) is 16.7 Å². The number of aliphatic carboxylic acids is 1. The first-order valence-electron chi connectivity index (χ1n) is 10.3. The molecule has 0 aliphatic rings. The number of benzene rings is 2. The first-order chi connectivity index (χ1) is 17.0. The number of H-pyrrole nitrogens is 1. The largest absolute Gasteiger partial charge is 0.481 e. The van der Waals surface area contributed by atoms with Crippen LogP contribution in [0.1, 0.15) is 50.1 Å². The van der Waals surface area contributed by atoms with E-state index in [2.05, 4.69) is 20.6 Å². The van der Waals surface area contributed by atoms with E-state index in [-0.39, 0.29) is 13.0 Å². The molecule has 1 heterocycles. The van der Waals surface area contributed by atoms with Crippen molar-refractivity contribution in [3.8, 4) is 0 Å². The van der Waals surface area contributed by atoms with Crippen LogP contribution in [-0.2, 0) is 11.0 Å². The zero-order chi connectivity index (χ0) is 26.5. The van der Waals surface area contributed by atoms with E-state index in [1.54, 1.807) is 12.1 Å². The molecule has 0 aliphatic heterocycles. The molecule has 13 heteroatoms. The van der Waals surface area contributed by atoms with Gasteiger partial charge >= 0.3 is 12.1 Å². The van der Waals surface area contributed by atoms with Gasteiger partial charge in [0.1, 0.15) is 5.56 Å². The van der Waals surface area contributed by atoms with Crippen LogP contribution in [0.15, 0.2) is 59.5 Å². The predicted octanol–water partition coefficient (Wildman–Crippen LogP) is 3.17. The maximum absolute atomic E-state index is 13.0. The Hall–Kier alpha value is -4.19. The van der Waals surface area contributed by atoms with Crippen molar-refractivity contribution in [3.63, 3.8) is 0 Å². The Morgan fingerprint density at radius 3 is 2.11 bits per heavy atom. The third-order valence-corrected chi connectivity index (χ3v) is 5.19. The van der Waals surface area contributed by atoms with E-state index in [9.17, 15) is 32.3 Å². The molecule has 0 fully saturated rings. The molecule has 2 aromatic carbocycles. The number of hydrogen-bond acceptors (Lipinski definition) is 5. The third kappa shape index (κ3) is 6.69. The van der Waals surface area contributed by atoms with Crippen LogP contribution in [0.25, 0.3) is 0 Å². The maximum Gasteiger partial charge on any atom is 0.416 e. The molecule has 0 spiro atoms. The molecule has 2 amide bonds. The van der Waals surface area contributed by atoms with Crippen LogP contribution in [0.4, 0.5) is 13.2 Å². The highest BCUT2D eigenvalue weighted by molar-refractivity contribution is 6.30. The molecule has 4 N–H and O–H groups in total. The number of carboxylic acid groups (broad SMARTS) is 1. The molecule has 0 saturated heterocycles. The van der Waals surface area contributed by atoms with Gasteiger partial charge in [-0.2, -0.15) is 13.2 Å². The van der Waals surface area contributed by atoms with Crippen LogP contribution in [0.5, 0.6) is 0 Å². The second-order valence-corrected chi connectivity index (χ2v) is 7.89. The normalized spacial score (nSPS) is 12.0. The van der Waals surface area contributed by atoms with E-state index in [1.165, 1.54) is 24.3 Å². The number of hydrogen-bond donors (Lipinski definition) is 4. The van der Waals surface area contributed by atoms with Crippen LogP contribution in [-0.4, -0.2) is 39.4 Å². The number of halogens is 4. The Kier molecular flexibility index (Phi) is 8.10. The Morgan fingerprint density at radius 2 is 1.58 bits per heavy atom. The first kappa shape index (κ1) is 26.4. The highest BCUT2D eigenvalue weighted by atomic mass is 35.5. The van der Waals surface area contributed by atoms with Crippen molar-refractivity contribution in [3.05, 3.63) is 98.2 Å². The minimum absolute atomic E-state index is 0.198. The molecule has 3 aromatic rings. The number of amides is 2. The molecule has 188 valence electrons. The average Bonchev–Trinajstić information content (AvgIpc) is 2.82. The van der Waals surface area contributed by atoms with Gasteiger partial charge in [0.05, 0.1) is 18.0 Å². The van der Waals surface area contributed by atoms with E-state index < -0.39 is 52.5 Å². The van der Waals surface area contributed by atoms with Crippen molar-refractivity contribution in [1.82, 2.24) is 20.6 Å². The standard InChI is InChI=1S/C23H18ClF3N4O5/c24-15-7-3-13(4-8-15)18(12-1-5-14(6-2-12)23(25,26)27)30-20(34)16-11-29-19(31-21(16)35)22(36)28-10-9-17(32)33/h1-8,11,18H,9-10H2,(H,28,36)(H,30,34)(H,32,33)(H,29,31,35). The molecule has 0 aliphatic carbocycles. The van der Waals surface area contributed by atoms with Crippen molar-refractivity contribution in [1.29, 1.82) is 0 Å². The van der Waals surface area contributed by atoms with Gasteiger partial charge in [-0.25, -0.2) is 4.98 Å². The summed E-state index contributed by atoms with van der Waals surface area (Å²) in [5.74, 6) is -3.31. The van der Waals surface area contributed by atoms with Gasteiger partial charge in [-0.3, -0.25) is 19.2 Å². The lowest BCUT2D eigenvalue weighted by Crippen LogP contribution is -2.35. The van der Waals surface area contributed by atoms with Gasteiger partial charge in [-0.15, -0.1) is 0 Å². The molecule has 1 atom stereocenters. The fourth-order valence-electron chi connectivity index (χ4n) is 3.13. The average molecular weight is 523 g/mol. The zero-order valence-electron chi connectivity index (χ0n) is 18.2. The van der Waals surface area contributed by atoms with E-state index in [0.29, 0.717) is 16.1 Å². The molecule has 3 rings (SSSR count). The Labute approximate surface area is 206 Å². The van der Waals surface area contributed by atoms with Crippen molar-refractivity contribution < 1.29 is 32.7 Å². The summed E-state index contributed by atoms with van der Waals surface area (Å²) >= 11 is 5.92. The summed E-state index contributed by atoms with van der Waals surface area (Å²) in [7, 11) is 0. The summed E-state index contributed by atoms with van der Waals surface area (Å²) in [6.45, 7) is -0.198. The Morgan fingerprint density at radius 1 is 1.00 bits per heavy atom. The maximum atomic E-state index is 13.0. The number of carboxylic acids is 1. The summed E-state index contributed by atoms with van der Waals surface area (Å²) in [5.41, 5.74) is -1.50. The molecular formula is C23H18ClF3N4O5. The number of nitrogens with one attached hydrogen (secondary N) is 3. The zero-order valence-corrected chi connectivity index (χ0v) is 19.0. The van der Waals surface area contributed by atoms with Gasteiger partial charge in [0.2, 0.25) is 0 Å². The van der Waals surface area contributed by atoms with Gasteiger partial charge in [0, 0.05) is 17.8 Å². The predicted molar refractivity (Wildman–Crippen MR) is 122 cm³/mol. The molecule has 1 aromatic heterocycles. The summed E-state index contributed by atoms with van der Waals surface area (Å²) in [6.07, 6.45) is -4.02. The monoisotopic (exact) mass is 522 g/mol. The highest BCUT2D eigenvalue weighted by Gasteiger charge is 2.30. The molecule has 9 nitrogen and oxygen atoms in total. The quantitative estimate of drug-likeness (QED) is 0.358. The number of carbonyl (C=O) groups excluding carboxylic acids is 2. The number of carbonyl (C=O) groups is 3. The SMILES string of the molecule is O=C(O)CCNC(=O)c1ncc(C(=O)NC(c2ccc(Cl)cc2)c2ccc(C(F)(F)F)cc2)c(=O)[nH]1. The fraction of sp³-hybridized carbons (Fsp3) is 0.174. The Balaban J connectivity index is 1.85. The minimum atomic E-state index is -4.54. The Bertz CT molecular complexity index is 1330. The molecule has 36 heavy (non-hydrogen) atoms. The number of alkyl halides is 3. The minimum Gasteiger partial charge on any atom is -0.481 e. The highest BCUT2D eigenvalue weighted by Crippen LogP contribution is 2.31. The smallest absolute Gasteiger partial charge is 0.416 e. The van der Waals surface area contributed by atoms with Crippen LogP contribution < -0.4 is 16.2 Å². The summed E-state index contributed by atoms with van der Waals surface area (Å²) in [6, 6.07) is 9.40.